The van der Waals surface area contributed by atoms with Crippen molar-refractivity contribution < 1.29 is 9.53 Å². The fourth-order valence-electron chi connectivity index (χ4n) is 2.00. The van der Waals surface area contributed by atoms with E-state index in [0.717, 1.165) is 41.1 Å². The molecule has 3 heteroatoms. The summed E-state index contributed by atoms with van der Waals surface area (Å²) in [7, 11) is 0. The first-order chi connectivity index (χ1) is 9.83. The summed E-state index contributed by atoms with van der Waals surface area (Å²) in [4.78, 5) is 11.8. The van der Waals surface area contributed by atoms with Crippen LogP contribution in [0.2, 0.25) is 0 Å². The van der Waals surface area contributed by atoms with Gasteiger partial charge < -0.3 is 4.74 Å². The molecule has 0 fully saturated rings. The minimum absolute atomic E-state index is 0.737. The van der Waals surface area contributed by atoms with Crippen LogP contribution in [0, 0.1) is 0 Å². The second-order valence-electron chi connectivity index (χ2n) is 4.80. The first-order valence-electron chi connectivity index (χ1n) is 7.10. The summed E-state index contributed by atoms with van der Waals surface area (Å²) in [6.45, 7) is 2.99. The van der Waals surface area contributed by atoms with E-state index in [1.54, 1.807) is 11.3 Å². The van der Waals surface area contributed by atoms with Gasteiger partial charge in [-0.15, -0.1) is 11.3 Å². The van der Waals surface area contributed by atoms with E-state index in [1.807, 2.05) is 35.7 Å². The Kier molecular flexibility index (Phi) is 5.81. The fraction of sp³-hybridized carbons (Fsp3) is 0.353. The number of benzene rings is 1. The lowest BCUT2D eigenvalue weighted by Crippen LogP contribution is -1.96. The van der Waals surface area contributed by atoms with Gasteiger partial charge in [-0.3, -0.25) is 4.79 Å². The monoisotopic (exact) mass is 288 g/mol. The third kappa shape index (κ3) is 4.20. The zero-order valence-corrected chi connectivity index (χ0v) is 12.6. The van der Waals surface area contributed by atoms with Gasteiger partial charge in [-0.1, -0.05) is 26.2 Å². The van der Waals surface area contributed by atoms with Gasteiger partial charge in [-0.05, 0) is 42.3 Å². The van der Waals surface area contributed by atoms with Crippen LogP contribution in [-0.4, -0.2) is 12.9 Å². The van der Waals surface area contributed by atoms with Crippen molar-refractivity contribution in [2.24, 2.45) is 0 Å². The zero-order chi connectivity index (χ0) is 14.2. The van der Waals surface area contributed by atoms with Gasteiger partial charge in [-0.25, -0.2) is 0 Å². The van der Waals surface area contributed by atoms with Crippen molar-refractivity contribution in [2.45, 2.75) is 32.6 Å². The number of rotatable bonds is 8. The predicted octanol–water partition coefficient (Wildman–Crippen LogP) is 5.19. The van der Waals surface area contributed by atoms with Crippen LogP contribution < -0.4 is 4.74 Å². The summed E-state index contributed by atoms with van der Waals surface area (Å²) in [6.07, 6.45) is 5.76. The van der Waals surface area contributed by atoms with Crippen LogP contribution in [-0.2, 0) is 0 Å². The van der Waals surface area contributed by atoms with Crippen LogP contribution in [0.15, 0.2) is 35.7 Å². The molecule has 0 saturated carbocycles. The first-order valence-corrected chi connectivity index (χ1v) is 7.98. The number of hydrogen-bond donors (Lipinski definition) is 0. The van der Waals surface area contributed by atoms with Gasteiger partial charge in [0.15, 0.2) is 6.29 Å². The van der Waals surface area contributed by atoms with Crippen LogP contribution >= 0.6 is 11.3 Å². The highest BCUT2D eigenvalue weighted by Crippen LogP contribution is 2.28. The second kappa shape index (κ2) is 7.85. The first kappa shape index (κ1) is 14.8. The molecule has 1 aromatic carbocycles. The number of unbranched alkanes of at least 4 members (excludes halogenated alkanes) is 3. The molecule has 0 radical (unpaired) electrons. The average molecular weight is 288 g/mol. The standard InChI is InChI=1S/C17H20O2S/c1-2-3-4-5-10-19-16-8-6-15(7-9-16)17-11-14(12-18)13-20-17/h6-9,11-13H,2-5,10H2,1H3. The molecule has 2 nitrogen and oxygen atoms in total. The van der Waals surface area contributed by atoms with Crippen LogP contribution in [0.3, 0.4) is 0 Å². The molecule has 2 aromatic rings. The minimum Gasteiger partial charge on any atom is -0.494 e. The van der Waals surface area contributed by atoms with Gasteiger partial charge >= 0.3 is 0 Å². The van der Waals surface area contributed by atoms with Crippen molar-refractivity contribution >= 4 is 17.6 Å². The molecule has 1 aromatic heterocycles. The lowest BCUT2D eigenvalue weighted by atomic mass is 10.1. The SMILES string of the molecule is CCCCCCOc1ccc(-c2cc(C=O)cs2)cc1. The smallest absolute Gasteiger partial charge is 0.150 e. The maximum Gasteiger partial charge on any atom is 0.150 e. The number of hydrogen-bond acceptors (Lipinski definition) is 3. The van der Waals surface area contributed by atoms with Crippen molar-refractivity contribution in [2.75, 3.05) is 6.61 Å². The van der Waals surface area contributed by atoms with Crippen molar-refractivity contribution in [1.29, 1.82) is 0 Å². The van der Waals surface area contributed by atoms with Crippen LogP contribution in [0.25, 0.3) is 10.4 Å². The van der Waals surface area contributed by atoms with E-state index in [9.17, 15) is 4.79 Å². The normalized spacial score (nSPS) is 10.4. The molecule has 0 aliphatic carbocycles. The van der Waals surface area contributed by atoms with Gasteiger partial charge in [0.25, 0.3) is 0 Å². The summed E-state index contributed by atoms with van der Waals surface area (Å²) in [5.74, 6) is 0.914. The third-order valence-electron chi connectivity index (χ3n) is 3.16. The Morgan fingerprint density at radius 2 is 1.95 bits per heavy atom. The number of ether oxygens (including phenoxy) is 1. The molecule has 0 bridgehead atoms. The molecule has 0 amide bonds. The molecular weight excluding hydrogens is 268 g/mol. The minimum atomic E-state index is 0.737. The molecule has 1 heterocycles. The highest BCUT2D eigenvalue weighted by atomic mass is 32.1. The van der Waals surface area contributed by atoms with Gasteiger partial charge in [0.2, 0.25) is 0 Å². The van der Waals surface area contributed by atoms with Gasteiger partial charge in [0, 0.05) is 15.8 Å². The average Bonchev–Trinajstić information content (AvgIpc) is 2.97. The van der Waals surface area contributed by atoms with E-state index in [4.69, 9.17) is 4.74 Å². The molecule has 0 spiro atoms. The van der Waals surface area contributed by atoms with E-state index < -0.39 is 0 Å². The Morgan fingerprint density at radius 1 is 1.15 bits per heavy atom. The Hall–Kier alpha value is -1.61. The third-order valence-corrected chi connectivity index (χ3v) is 4.16. The molecule has 0 N–H and O–H groups in total. The largest absolute Gasteiger partial charge is 0.494 e. The summed E-state index contributed by atoms with van der Waals surface area (Å²) in [5.41, 5.74) is 1.86. The van der Waals surface area contributed by atoms with Crippen molar-refractivity contribution in [3.8, 4) is 16.2 Å². The quantitative estimate of drug-likeness (QED) is 0.494. The van der Waals surface area contributed by atoms with Gasteiger partial charge in [-0.2, -0.15) is 0 Å². The van der Waals surface area contributed by atoms with Crippen molar-refractivity contribution in [1.82, 2.24) is 0 Å². The summed E-state index contributed by atoms with van der Waals surface area (Å²) >= 11 is 1.59. The molecule has 0 atom stereocenters. The Labute approximate surface area is 124 Å². The number of aldehydes is 1. The maximum absolute atomic E-state index is 10.7. The Morgan fingerprint density at radius 3 is 2.60 bits per heavy atom. The lowest BCUT2D eigenvalue weighted by molar-refractivity contribution is 0.112. The summed E-state index contributed by atoms with van der Waals surface area (Å²) in [6, 6.07) is 9.99. The van der Waals surface area contributed by atoms with Crippen molar-refractivity contribution in [3.63, 3.8) is 0 Å². The number of carbonyl (C=O) groups is 1. The van der Waals surface area contributed by atoms with E-state index in [2.05, 4.69) is 6.92 Å². The van der Waals surface area contributed by atoms with E-state index in [0.29, 0.717) is 0 Å². The maximum atomic E-state index is 10.7. The second-order valence-corrected chi connectivity index (χ2v) is 5.71. The van der Waals surface area contributed by atoms with E-state index in [1.165, 1.54) is 19.3 Å². The van der Waals surface area contributed by atoms with Crippen LogP contribution in [0.5, 0.6) is 5.75 Å². The number of thiophene rings is 1. The predicted molar refractivity (Wildman–Crippen MR) is 84.8 cm³/mol. The number of carbonyl (C=O) groups excluding carboxylic acids is 1. The van der Waals surface area contributed by atoms with Crippen LogP contribution in [0.1, 0.15) is 43.0 Å². The van der Waals surface area contributed by atoms with Crippen molar-refractivity contribution in [3.05, 3.63) is 41.3 Å². The summed E-state index contributed by atoms with van der Waals surface area (Å²) in [5, 5.41) is 1.88. The Balaban J connectivity index is 1.87. The molecule has 2 rings (SSSR count). The molecular formula is C17H20O2S. The van der Waals surface area contributed by atoms with E-state index in [-0.39, 0.29) is 0 Å². The molecule has 0 aliphatic heterocycles. The fourth-order valence-corrected chi connectivity index (χ4v) is 2.86. The van der Waals surface area contributed by atoms with Crippen LogP contribution in [0.4, 0.5) is 0 Å². The Bertz CT molecular complexity index is 528. The molecule has 0 unspecified atom stereocenters. The lowest BCUT2D eigenvalue weighted by Gasteiger charge is -2.06. The zero-order valence-electron chi connectivity index (χ0n) is 11.8. The highest BCUT2D eigenvalue weighted by molar-refractivity contribution is 7.13. The molecule has 106 valence electrons. The molecule has 20 heavy (non-hydrogen) atoms. The van der Waals surface area contributed by atoms with Gasteiger partial charge in [0.1, 0.15) is 5.75 Å². The highest BCUT2D eigenvalue weighted by Gasteiger charge is 2.02. The van der Waals surface area contributed by atoms with E-state index >= 15 is 0 Å². The molecule has 0 saturated heterocycles. The summed E-state index contributed by atoms with van der Waals surface area (Å²) < 4.78 is 5.72. The molecule has 0 aliphatic rings. The van der Waals surface area contributed by atoms with Gasteiger partial charge in [0.05, 0.1) is 6.61 Å². The topological polar surface area (TPSA) is 26.3 Å².